The van der Waals surface area contributed by atoms with Crippen LogP contribution >= 0.6 is 0 Å². The van der Waals surface area contributed by atoms with Crippen molar-refractivity contribution in [2.75, 3.05) is 11.9 Å². The van der Waals surface area contributed by atoms with Gasteiger partial charge in [0.25, 0.3) is 0 Å². The maximum Gasteiger partial charge on any atom is 0.246 e. The van der Waals surface area contributed by atoms with Crippen molar-refractivity contribution < 1.29 is 9.00 Å². The van der Waals surface area contributed by atoms with E-state index in [1.54, 1.807) is 18.0 Å². The van der Waals surface area contributed by atoms with Crippen LogP contribution in [0, 0.1) is 5.92 Å². The van der Waals surface area contributed by atoms with E-state index in [1.807, 2.05) is 24.3 Å². The van der Waals surface area contributed by atoms with E-state index >= 15 is 0 Å². The van der Waals surface area contributed by atoms with Gasteiger partial charge in [0.15, 0.2) is 0 Å². The summed E-state index contributed by atoms with van der Waals surface area (Å²) in [5, 5.41) is 0. The molecule has 4 heteroatoms. The molecular formula is C13H13NO2S. The van der Waals surface area contributed by atoms with E-state index in [4.69, 9.17) is 0 Å². The molecule has 1 unspecified atom stereocenters. The molecule has 1 heterocycles. The van der Waals surface area contributed by atoms with E-state index in [9.17, 15) is 9.00 Å². The van der Waals surface area contributed by atoms with Gasteiger partial charge in [-0.1, -0.05) is 18.2 Å². The lowest BCUT2D eigenvalue weighted by atomic mass is 10.2. The third-order valence-corrected chi connectivity index (χ3v) is 5.72. The zero-order valence-corrected chi connectivity index (χ0v) is 10.4. The molecule has 0 aromatic heterocycles. The second-order valence-electron chi connectivity index (χ2n) is 4.54. The van der Waals surface area contributed by atoms with Crippen molar-refractivity contribution in [1.82, 2.24) is 0 Å². The summed E-state index contributed by atoms with van der Waals surface area (Å²) in [4.78, 5) is 14.7. The fourth-order valence-corrected chi connectivity index (χ4v) is 4.55. The van der Waals surface area contributed by atoms with Gasteiger partial charge in [0.05, 0.1) is 21.4 Å². The fraction of sp³-hybridized carbons (Fsp3) is 0.308. The highest BCUT2D eigenvalue weighted by Crippen LogP contribution is 2.56. The Labute approximate surface area is 103 Å². The van der Waals surface area contributed by atoms with Crippen molar-refractivity contribution in [3.63, 3.8) is 0 Å². The Balaban J connectivity index is 2.19. The molecule has 88 valence electrons. The number of hydrogen-bond acceptors (Lipinski definition) is 2. The van der Waals surface area contributed by atoms with Crippen molar-refractivity contribution in [1.29, 1.82) is 0 Å². The Bertz CT molecular complexity index is 554. The zero-order chi connectivity index (χ0) is 12.2. The third kappa shape index (κ3) is 1.16. The quantitative estimate of drug-likeness (QED) is 0.709. The van der Waals surface area contributed by atoms with Gasteiger partial charge in [-0.05, 0) is 18.6 Å². The minimum atomic E-state index is -1.26. The lowest BCUT2D eigenvalue weighted by molar-refractivity contribution is -0.118. The second-order valence-corrected chi connectivity index (χ2v) is 6.24. The van der Waals surface area contributed by atoms with Crippen LogP contribution in [0.3, 0.4) is 0 Å². The lowest BCUT2D eigenvalue weighted by Gasteiger charge is -2.31. The van der Waals surface area contributed by atoms with Gasteiger partial charge in [-0.3, -0.25) is 9.00 Å². The maximum absolute atomic E-state index is 12.5. The van der Waals surface area contributed by atoms with Crippen molar-refractivity contribution >= 4 is 22.4 Å². The molecule has 1 aromatic carbocycles. The Hall–Kier alpha value is -1.42. The monoisotopic (exact) mass is 247 g/mol. The van der Waals surface area contributed by atoms with Crippen LogP contribution in [0.2, 0.25) is 0 Å². The average Bonchev–Trinajstić information content (AvgIpc) is 3.10. The summed E-state index contributed by atoms with van der Waals surface area (Å²) >= 11 is 0. The van der Waals surface area contributed by atoms with Crippen LogP contribution in [-0.2, 0) is 15.6 Å². The number of allylic oxidation sites excluding steroid dienone is 1. The summed E-state index contributed by atoms with van der Waals surface area (Å²) in [7, 11) is 0.490. The molecule has 1 aromatic rings. The number of benzene rings is 1. The molecule has 1 spiro atoms. The molecule has 0 bridgehead atoms. The van der Waals surface area contributed by atoms with Gasteiger partial charge in [0.2, 0.25) is 5.91 Å². The largest absolute Gasteiger partial charge is 0.313 e. The lowest BCUT2D eigenvalue weighted by Crippen LogP contribution is -2.46. The van der Waals surface area contributed by atoms with Crippen molar-refractivity contribution in [3.05, 3.63) is 36.9 Å². The highest BCUT2D eigenvalue weighted by atomic mass is 32.2. The van der Waals surface area contributed by atoms with E-state index in [1.165, 1.54) is 0 Å². The molecule has 1 aliphatic carbocycles. The van der Waals surface area contributed by atoms with Crippen LogP contribution in [0.5, 0.6) is 0 Å². The number of anilines is 1. The number of carbonyl (C=O) groups excluding carboxylic acids is 1. The van der Waals surface area contributed by atoms with Crippen molar-refractivity contribution in [2.45, 2.75) is 16.1 Å². The Kier molecular flexibility index (Phi) is 2.08. The number of carbonyl (C=O) groups is 1. The van der Waals surface area contributed by atoms with Crippen molar-refractivity contribution in [2.24, 2.45) is 5.92 Å². The number of hydrogen-bond donors (Lipinski definition) is 0. The Morgan fingerprint density at radius 2 is 2.24 bits per heavy atom. The molecule has 17 heavy (non-hydrogen) atoms. The maximum atomic E-state index is 12.5. The van der Waals surface area contributed by atoms with Crippen LogP contribution in [0.1, 0.15) is 6.42 Å². The van der Waals surface area contributed by atoms with Crippen molar-refractivity contribution in [3.8, 4) is 0 Å². The average molecular weight is 247 g/mol. The highest BCUT2D eigenvalue weighted by molar-refractivity contribution is 7.88. The number of rotatable bonds is 1. The van der Waals surface area contributed by atoms with E-state index in [2.05, 4.69) is 6.58 Å². The predicted octanol–water partition coefficient (Wildman–Crippen LogP) is 1.72. The van der Waals surface area contributed by atoms with Gasteiger partial charge >= 0.3 is 0 Å². The fourth-order valence-electron chi connectivity index (χ4n) is 2.56. The zero-order valence-electron chi connectivity index (χ0n) is 9.55. The first-order chi connectivity index (χ1) is 8.13. The summed E-state index contributed by atoms with van der Waals surface area (Å²) in [5.74, 6) is 0.00562. The topological polar surface area (TPSA) is 37.4 Å². The molecule has 3 rings (SSSR count). The van der Waals surface area contributed by atoms with E-state index in [0.717, 1.165) is 10.6 Å². The standard InChI is InChI=1S/C13H13NO2S/c1-3-9-8-13(9)12(15)14(2)10-6-4-5-7-11(10)17(13)16/h3-7,9H,1,8H2,2H3/t9-,13+,17?/m0/s1. The van der Waals surface area contributed by atoms with Gasteiger partial charge in [0.1, 0.15) is 4.75 Å². The molecule has 1 aliphatic heterocycles. The number of amides is 1. The first-order valence-corrected chi connectivity index (χ1v) is 6.69. The van der Waals surface area contributed by atoms with Gasteiger partial charge in [-0.15, -0.1) is 6.58 Å². The third-order valence-electron chi connectivity index (χ3n) is 3.67. The van der Waals surface area contributed by atoms with Crippen LogP contribution in [0.4, 0.5) is 5.69 Å². The summed E-state index contributed by atoms with van der Waals surface area (Å²) in [5.41, 5.74) is 0.760. The Morgan fingerprint density at radius 1 is 1.53 bits per heavy atom. The van der Waals surface area contributed by atoms with Crippen LogP contribution in [0.15, 0.2) is 41.8 Å². The molecule has 1 saturated carbocycles. The van der Waals surface area contributed by atoms with E-state index in [-0.39, 0.29) is 11.8 Å². The van der Waals surface area contributed by atoms with Gasteiger partial charge in [-0.2, -0.15) is 0 Å². The van der Waals surface area contributed by atoms with Gasteiger partial charge < -0.3 is 4.90 Å². The second kappa shape index (κ2) is 3.29. The van der Waals surface area contributed by atoms with Gasteiger partial charge in [0, 0.05) is 13.0 Å². The molecular weight excluding hydrogens is 234 g/mol. The van der Waals surface area contributed by atoms with E-state index in [0.29, 0.717) is 6.42 Å². The molecule has 0 N–H and O–H groups in total. The Morgan fingerprint density at radius 3 is 2.88 bits per heavy atom. The molecule has 2 aliphatic rings. The van der Waals surface area contributed by atoms with Crippen LogP contribution in [0.25, 0.3) is 0 Å². The van der Waals surface area contributed by atoms with Gasteiger partial charge in [-0.25, -0.2) is 0 Å². The molecule has 0 radical (unpaired) electrons. The SMILES string of the molecule is C=C[C@H]1C[C@]12C(=O)N(C)c1ccccc1S2=O. The molecule has 3 nitrogen and oxygen atoms in total. The van der Waals surface area contributed by atoms with E-state index < -0.39 is 15.5 Å². The number of nitrogens with zero attached hydrogens (tertiary/aromatic N) is 1. The first kappa shape index (κ1) is 10.7. The predicted molar refractivity (Wildman–Crippen MR) is 67.3 cm³/mol. The summed E-state index contributed by atoms with van der Waals surface area (Å²) in [6.45, 7) is 3.72. The normalized spacial score (nSPS) is 34.6. The molecule has 3 atom stereocenters. The summed E-state index contributed by atoms with van der Waals surface area (Å²) in [6.07, 6.45) is 2.40. The molecule has 1 amide bonds. The summed E-state index contributed by atoms with van der Waals surface area (Å²) < 4.78 is 11.8. The highest BCUT2D eigenvalue weighted by Gasteiger charge is 2.66. The minimum Gasteiger partial charge on any atom is -0.313 e. The number of para-hydroxylation sites is 1. The molecule has 1 fully saturated rings. The minimum absolute atomic E-state index is 0.0422. The first-order valence-electron chi connectivity index (χ1n) is 5.54. The summed E-state index contributed by atoms with van der Waals surface area (Å²) in [6, 6.07) is 7.40. The van der Waals surface area contributed by atoms with Crippen LogP contribution < -0.4 is 4.90 Å². The van der Waals surface area contributed by atoms with Crippen LogP contribution in [-0.4, -0.2) is 21.9 Å². The molecule has 0 saturated heterocycles. The smallest absolute Gasteiger partial charge is 0.246 e. The number of fused-ring (bicyclic) bond motifs is 1.